The van der Waals surface area contributed by atoms with Crippen molar-refractivity contribution in [1.29, 1.82) is 0 Å². The molecule has 2 aromatic carbocycles. The summed E-state index contributed by atoms with van der Waals surface area (Å²) in [6.07, 6.45) is 0. The van der Waals surface area contributed by atoms with Gasteiger partial charge in [0.05, 0.1) is 29.7 Å². The first kappa shape index (κ1) is 20.4. The van der Waals surface area contributed by atoms with E-state index in [-0.39, 0.29) is 11.7 Å². The van der Waals surface area contributed by atoms with Crippen LogP contribution in [0.5, 0.6) is 5.75 Å². The molecule has 1 saturated heterocycles. The van der Waals surface area contributed by atoms with Crippen LogP contribution in [-0.2, 0) is 4.74 Å². The number of hydrogen-bond donors (Lipinski definition) is 1. The molecule has 1 N–H and O–H groups in total. The van der Waals surface area contributed by atoms with Crippen molar-refractivity contribution in [2.45, 2.75) is 6.92 Å². The van der Waals surface area contributed by atoms with Gasteiger partial charge in [-0.25, -0.2) is 4.39 Å². The summed E-state index contributed by atoms with van der Waals surface area (Å²) in [6, 6.07) is 16.4. The van der Waals surface area contributed by atoms with Gasteiger partial charge >= 0.3 is 0 Å². The molecule has 7 heteroatoms. The van der Waals surface area contributed by atoms with E-state index in [0.717, 1.165) is 29.2 Å². The lowest BCUT2D eigenvalue weighted by atomic mass is 10.1. The normalized spacial score (nSPS) is 13.9. The molecular formula is C23H23FN2O3S. The molecule has 0 spiro atoms. The van der Waals surface area contributed by atoms with Gasteiger partial charge in [0.1, 0.15) is 0 Å². The lowest BCUT2D eigenvalue weighted by Crippen LogP contribution is -2.35. The predicted molar refractivity (Wildman–Crippen MR) is 118 cm³/mol. The van der Waals surface area contributed by atoms with Crippen molar-refractivity contribution in [1.82, 2.24) is 0 Å². The molecule has 2 heterocycles. The molecule has 1 fully saturated rings. The van der Waals surface area contributed by atoms with Gasteiger partial charge in [0.2, 0.25) is 0 Å². The highest BCUT2D eigenvalue weighted by Crippen LogP contribution is 2.39. The largest absolute Gasteiger partial charge is 0.491 e. The van der Waals surface area contributed by atoms with E-state index in [1.165, 1.54) is 23.5 Å². The summed E-state index contributed by atoms with van der Waals surface area (Å²) >= 11 is 1.44. The first-order valence-electron chi connectivity index (χ1n) is 9.91. The van der Waals surface area contributed by atoms with Gasteiger partial charge < -0.3 is 19.7 Å². The number of nitrogens with zero attached hydrogens (tertiary/aromatic N) is 1. The van der Waals surface area contributed by atoms with E-state index < -0.39 is 5.82 Å². The zero-order chi connectivity index (χ0) is 20.9. The number of nitrogens with one attached hydrogen (secondary N) is 1. The van der Waals surface area contributed by atoms with E-state index in [4.69, 9.17) is 9.47 Å². The summed E-state index contributed by atoms with van der Waals surface area (Å²) in [5.41, 5.74) is 2.47. The number of benzene rings is 2. The third-order valence-electron chi connectivity index (χ3n) is 4.81. The fourth-order valence-electron chi connectivity index (χ4n) is 3.36. The van der Waals surface area contributed by atoms with Crippen LogP contribution in [0.25, 0.3) is 11.1 Å². The molecular weight excluding hydrogens is 403 g/mol. The van der Waals surface area contributed by atoms with Gasteiger partial charge in [0, 0.05) is 30.4 Å². The van der Waals surface area contributed by atoms with Gasteiger partial charge in [-0.2, -0.15) is 0 Å². The second kappa shape index (κ2) is 9.28. The Balaban J connectivity index is 1.61. The van der Waals surface area contributed by atoms with E-state index in [0.29, 0.717) is 30.4 Å². The number of carbonyl (C=O) groups excluding carboxylic acids is 1. The van der Waals surface area contributed by atoms with Crippen LogP contribution in [0.3, 0.4) is 0 Å². The maximum Gasteiger partial charge on any atom is 0.265 e. The highest BCUT2D eigenvalue weighted by atomic mass is 32.1. The topological polar surface area (TPSA) is 50.8 Å². The first-order chi connectivity index (χ1) is 14.7. The monoisotopic (exact) mass is 426 g/mol. The molecule has 30 heavy (non-hydrogen) atoms. The van der Waals surface area contributed by atoms with Gasteiger partial charge in [-0.05, 0) is 30.7 Å². The highest BCUT2D eigenvalue weighted by Gasteiger charge is 2.22. The molecule has 5 nitrogen and oxygen atoms in total. The van der Waals surface area contributed by atoms with Gasteiger partial charge in [-0.1, -0.05) is 30.3 Å². The molecule has 4 rings (SSSR count). The van der Waals surface area contributed by atoms with Crippen LogP contribution in [-0.4, -0.2) is 38.8 Å². The first-order valence-corrected chi connectivity index (χ1v) is 10.7. The van der Waals surface area contributed by atoms with Crippen LogP contribution < -0.4 is 15.0 Å². The fraction of sp³-hybridized carbons (Fsp3) is 0.261. The number of hydrogen-bond acceptors (Lipinski definition) is 5. The lowest BCUT2D eigenvalue weighted by Gasteiger charge is -2.28. The average molecular weight is 427 g/mol. The van der Waals surface area contributed by atoms with Gasteiger partial charge in [0.25, 0.3) is 5.91 Å². The van der Waals surface area contributed by atoms with Crippen molar-refractivity contribution < 1.29 is 18.7 Å². The van der Waals surface area contributed by atoms with Crippen LogP contribution >= 0.6 is 11.3 Å². The molecule has 0 saturated carbocycles. The summed E-state index contributed by atoms with van der Waals surface area (Å²) in [5.74, 6) is -0.590. The number of rotatable bonds is 6. The van der Waals surface area contributed by atoms with Crippen LogP contribution in [0.4, 0.5) is 15.1 Å². The number of morpholine rings is 1. The fourth-order valence-corrected chi connectivity index (χ4v) is 4.49. The van der Waals surface area contributed by atoms with Crippen molar-refractivity contribution in [3.8, 4) is 16.9 Å². The molecule has 1 amide bonds. The molecule has 1 aromatic heterocycles. The quantitative estimate of drug-likeness (QED) is 0.600. The van der Waals surface area contributed by atoms with Gasteiger partial charge in [-0.3, -0.25) is 4.79 Å². The molecule has 1 aliphatic heterocycles. The van der Waals surface area contributed by atoms with E-state index in [9.17, 15) is 9.18 Å². The second-order valence-electron chi connectivity index (χ2n) is 6.83. The smallest absolute Gasteiger partial charge is 0.265 e. The van der Waals surface area contributed by atoms with Crippen molar-refractivity contribution in [3.63, 3.8) is 0 Å². The second-order valence-corrected chi connectivity index (χ2v) is 7.86. The van der Waals surface area contributed by atoms with E-state index in [1.54, 1.807) is 13.0 Å². The van der Waals surface area contributed by atoms with Crippen molar-refractivity contribution in [3.05, 3.63) is 65.3 Å². The Hall–Kier alpha value is -2.90. The summed E-state index contributed by atoms with van der Waals surface area (Å²) < 4.78 is 24.8. The molecule has 0 atom stereocenters. The highest BCUT2D eigenvalue weighted by molar-refractivity contribution is 7.18. The number of halogens is 1. The Labute approximate surface area is 179 Å². The molecule has 1 aliphatic rings. The lowest BCUT2D eigenvalue weighted by molar-refractivity contribution is 0.103. The maximum absolute atomic E-state index is 14.1. The summed E-state index contributed by atoms with van der Waals surface area (Å²) in [7, 11) is 0. The Bertz CT molecular complexity index is 1020. The Morgan fingerprint density at radius 3 is 2.63 bits per heavy atom. The average Bonchev–Trinajstić information content (AvgIpc) is 3.23. The third kappa shape index (κ3) is 4.47. The van der Waals surface area contributed by atoms with Crippen molar-refractivity contribution in [2.75, 3.05) is 43.1 Å². The van der Waals surface area contributed by atoms with Crippen LogP contribution in [0.15, 0.2) is 54.6 Å². The summed E-state index contributed by atoms with van der Waals surface area (Å²) in [6.45, 7) is 5.07. The number of thiophene rings is 1. The maximum atomic E-state index is 14.1. The zero-order valence-electron chi connectivity index (χ0n) is 16.7. The van der Waals surface area contributed by atoms with E-state index >= 15 is 0 Å². The van der Waals surface area contributed by atoms with Crippen LogP contribution in [0.2, 0.25) is 0 Å². The van der Waals surface area contributed by atoms with Crippen LogP contribution in [0, 0.1) is 5.82 Å². The molecule has 156 valence electrons. The van der Waals surface area contributed by atoms with Gasteiger partial charge in [-0.15, -0.1) is 11.3 Å². The van der Waals surface area contributed by atoms with Gasteiger partial charge in [0.15, 0.2) is 11.6 Å². The Morgan fingerprint density at radius 1 is 1.17 bits per heavy atom. The van der Waals surface area contributed by atoms with E-state index in [1.807, 2.05) is 36.4 Å². The third-order valence-corrected chi connectivity index (χ3v) is 6.00. The number of anilines is 2. The predicted octanol–water partition coefficient (Wildman–Crippen LogP) is 5.04. The number of amides is 1. The molecule has 0 radical (unpaired) electrons. The van der Waals surface area contributed by atoms with Crippen molar-refractivity contribution in [2.24, 2.45) is 0 Å². The molecule has 0 aliphatic carbocycles. The molecule has 3 aromatic rings. The molecule has 0 bridgehead atoms. The van der Waals surface area contributed by atoms with Crippen LogP contribution in [0.1, 0.15) is 16.6 Å². The summed E-state index contributed by atoms with van der Waals surface area (Å²) in [5, 5.41) is 3.84. The molecule has 0 unspecified atom stereocenters. The summed E-state index contributed by atoms with van der Waals surface area (Å²) in [4.78, 5) is 15.7. The van der Waals surface area contributed by atoms with Crippen molar-refractivity contribution >= 4 is 27.9 Å². The minimum absolute atomic E-state index is 0.174. The number of carbonyl (C=O) groups is 1. The SMILES string of the molecule is CCOc1ccc(NC(=O)c2cc(-c3ccccc3)c(N3CCOCC3)s2)cc1F. The number of ether oxygens (including phenoxy) is 2. The Morgan fingerprint density at radius 2 is 1.93 bits per heavy atom. The Kier molecular flexibility index (Phi) is 6.30. The zero-order valence-corrected chi connectivity index (χ0v) is 17.5. The standard InChI is InChI=1S/C23H23FN2O3S/c1-2-29-20-9-8-17(14-19(20)24)25-22(27)21-15-18(16-6-4-3-5-7-16)23(30-21)26-10-12-28-13-11-26/h3-9,14-15H,2,10-13H2,1H3,(H,25,27). The van der Waals surface area contributed by atoms with E-state index in [2.05, 4.69) is 10.2 Å². The minimum Gasteiger partial charge on any atom is -0.491 e. The minimum atomic E-state index is -0.500.